The zero-order chi connectivity index (χ0) is 23.0. The number of aliphatic carboxylic acids is 1. The second kappa shape index (κ2) is 8.24. The average molecular weight is 477 g/mol. The van der Waals surface area contributed by atoms with Crippen LogP contribution < -0.4 is 10.6 Å². The number of rotatable bonds is 5. The second-order valence-corrected chi connectivity index (χ2v) is 8.65. The molecule has 0 spiro atoms. The van der Waals surface area contributed by atoms with Gasteiger partial charge in [-0.2, -0.15) is 13.2 Å². The first-order valence-electron chi connectivity index (χ1n) is 9.09. The van der Waals surface area contributed by atoms with Crippen molar-refractivity contribution in [3.63, 3.8) is 0 Å². The van der Waals surface area contributed by atoms with Gasteiger partial charge in [0.2, 0.25) is 0 Å². The number of thiophene rings is 2. The van der Waals surface area contributed by atoms with Crippen molar-refractivity contribution in [2.75, 3.05) is 17.2 Å². The lowest BCUT2D eigenvalue weighted by Gasteiger charge is -2.21. The maximum atomic E-state index is 13.2. The molecule has 0 aliphatic heterocycles. The monoisotopic (exact) mass is 477 g/mol. The summed E-state index contributed by atoms with van der Waals surface area (Å²) in [6.07, 6.45) is -4.65. The Bertz CT molecular complexity index is 1320. The number of carboxylic acid groups (broad SMARTS) is 1. The molecule has 0 saturated carbocycles. The van der Waals surface area contributed by atoms with E-state index in [0.29, 0.717) is 15.9 Å². The average Bonchev–Trinajstić information content (AvgIpc) is 3.39. The number of fused-ring (bicyclic) bond motifs is 1. The first kappa shape index (κ1) is 21.8. The molecule has 6 nitrogen and oxygen atoms in total. The van der Waals surface area contributed by atoms with E-state index in [-0.39, 0.29) is 16.3 Å². The molecule has 11 heteroatoms. The van der Waals surface area contributed by atoms with Crippen LogP contribution in [0.15, 0.2) is 53.9 Å². The minimum absolute atomic E-state index is 0.00879. The van der Waals surface area contributed by atoms with Gasteiger partial charge in [0.25, 0.3) is 5.91 Å². The zero-order valence-electron chi connectivity index (χ0n) is 16.1. The van der Waals surface area contributed by atoms with E-state index in [1.807, 2.05) is 17.5 Å². The van der Waals surface area contributed by atoms with Crippen molar-refractivity contribution < 1.29 is 27.9 Å². The third-order valence-electron chi connectivity index (χ3n) is 4.59. The van der Waals surface area contributed by atoms with Crippen LogP contribution >= 0.6 is 22.7 Å². The molecular weight excluding hydrogens is 463 g/mol. The van der Waals surface area contributed by atoms with Crippen LogP contribution in [-0.4, -0.2) is 28.5 Å². The number of carboxylic acids is 1. The molecule has 0 atom stereocenters. The molecule has 0 fully saturated rings. The maximum absolute atomic E-state index is 13.2. The summed E-state index contributed by atoms with van der Waals surface area (Å²) in [4.78, 5) is 31.3. The highest BCUT2D eigenvalue weighted by Gasteiger charge is 2.32. The predicted octanol–water partition coefficient (Wildman–Crippen LogP) is 5.36. The van der Waals surface area contributed by atoms with Crippen LogP contribution in [0.25, 0.3) is 20.8 Å². The first-order chi connectivity index (χ1) is 15.1. The Morgan fingerprint density at radius 2 is 1.91 bits per heavy atom. The minimum Gasteiger partial charge on any atom is -0.480 e. The molecule has 1 amide bonds. The summed E-state index contributed by atoms with van der Waals surface area (Å²) in [5.74, 6) is -2.20. The molecule has 3 N–H and O–H groups in total. The lowest BCUT2D eigenvalue weighted by molar-refractivity contribution is -0.137. The quantitative estimate of drug-likeness (QED) is 0.404. The number of nitrogen functional groups attached to an aromatic ring is 1. The van der Waals surface area contributed by atoms with Gasteiger partial charge < -0.3 is 10.8 Å². The van der Waals surface area contributed by atoms with Crippen LogP contribution in [0.4, 0.5) is 24.5 Å². The highest BCUT2D eigenvalue weighted by Crippen LogP contribution is 2.37. The van der Waals surface area contributed by atoms with E-state index >= 15 is 0 Å². The number of nitrogens with zero attached hydrogens (tertiary/aromatic N) is 2. The predicted molar refractivity (Wildman–Crippen MR) is 118 cm³/mol. The van der Waals surface area contributed by atoms with Gasteiger partial charge in [0.1, 0.15) is 16.3 Å². The minimum atomic E-state index is -4.65. The topological polar surface area (TPSA) is 96.5 Å². The number of hydrogen-bond donors (Lipinski definition) is 2. The molecule has 4 rings (SSSR count). The molecule has 0 unspecified atom stereocenters. The van der Waals surface area contributed by atoms with E-state index in [0.717, 1.165) is 39.3 Å². The van der Waals surface area contributed by atoms with E-state index in [1.165, 1.54) is 17.4 Å². The summed E-state index contributed by atoms with van der Waals surface area (Å²) in [5.41, 5.74) is 5.75. The molecule has 3 aromatic heterocycles. The summed E-state index contributed by atoms with van der Waals surface area (Å²) in [6.45, 7) is -0.832. The SMILES string of the molecule is Nc1c(C(=O)N(CC(=O)O)c2cccc(C(F)(F)F)c2)sc2nc(-c3cccs3)ccc12. The Morgan fingerprint density at radius 3 is 2.56 bits per heavy atom. The van der Waals surface area contributed by atoms with Gasteiger partial charge in [-0.05, 0) is 41.8 Å². The fraction of sp³-hybridized carbons (Fsp3) is 0.0952. The summed E-state index contributed by atoms with van der Waals surface area (Å²) >= 11 is 2.46. The van der Waals surface area contributed by atoms with Crippen molar-refractivity contribution >= 4 is 56.1 Å². The molecule has 0 bridgehead atoms. The van der Waals surface area contributed by atoms with E-state index in [2.05, 4.69) is 4.98 Å². The lowest BCUT2D eigenvalue weighted by Crippen LogP contribution is -2.35. The maximum Gasteiger partial charge on any atom is 0.416 e. The number of carbonyl (C=O) groups excluding carboxylic acids is 1. The molecule has 32 heavy (non-hydrogen) atoms. The molecule has 4 aromatic rings. The summed E-state index contributed by atoms with van der Waals surface area (Å²) in [7, 11) is 0. The molecule has 3 heterocycles. The number of aromatic nitrogens is 1. The van der Waals surface area contributed by atoms with Crippen LogP contribution in [0, 0.1) is 0 Å². The van der Waals surface area contributed by atoms with Gasteiger partial charge in [-0.25, -0.2) is 4.98 Å². The Morgan fingerprint density at radius 1 is 1.12 bits per heavy atom. The van der Waals surface area contributed by atoms with Crippen LogP contribution in [0.2, 0.25) is 0 Å². The summed E-state index contributed by atoms with van der Waals surface area (Å²) < 4.78 is 39.4. The van der Waals surface area contributed by atoms with Crippen molar-refractivity contribution in [2.45, 2.75) is 6.18 Å². The fourth-order valence-corrected chi connectivity index (χ4v) is 4.84. The Balaban J connectivity index is 1.77. The summed E-state index contributed by atoms with van der Waals surface area (Å²) in [5, 5.41) is 11.7. The molecule has 164 valence electrons. The molecule has 0 radical (unpaired) electrons. The van der Waals surface area contributed by atoms with Crippen LogP contribution in [0.3, 0.4) is 0 Å². The number of pyridine rings is 1. The van der Waals surface area contributed by atoms with E-state index < -0.39 is 30.2 Å². The van der Waals surface area contributed by atoms with Crippen molar-refractivity contribution in [1.29, 1.82) is 0 Å². The van der Waals surface area contributed by atoms with Crippen LogP contribution in [0.1, 0.15) is 15.2 Å². The van der Waals surface area contributed by atoms with Gasteiger partial charge in [-0.1, -0.05) is 12.1 Å². The number of nitrogens with two attached hydrogens (primary N) is 1. The zero-order valence-corrected chi connectivity index (χ0v) is 17.7. The van der Waals surface area contributed by atoms with Gasteiger partial charge in [-0.15, -0.1) is 22.7 Å². The molecule has 0 saturated heterocycles. The number of carbonyl (C=O) groups is 2. The van der Waals surface area contributed by atoms with Crippen molar-refractivity contribution in [3.05, 3.63) is 64.4 Å². The summed E-state index contributed by atoms with van der Waals surface area (Å²) in [6, 6.07) is 11.2. The first-order valence-corrected chi connectivity index (χ1v) is 10.8. The van der Waals surface area contributed by atoms with Gasteiger partial charge in [-0.3, -0.25) is 14.5 Å². The van der Waals surface area contributed by atoms with Gasteiger partial charge in [0.05, 0.1) is 21.8 Å². The highest BCUT2D eigenvalue weighted by atomic mass is 32.1. The normalized spacial score (nSPS) is 11.6. The van der Waals surface area contributed by atoms with E-state index in [4.69, 9.17) is 5.73 Å². The highest BCUT2D eigenvalue weighted by molar-refractivity contribution is 7.21. The number of alkyl halides is 3. The Hall–Kier alpha value is -3.44. The number of hydrogen-bond acceptors (Lipinski definition) is 6. The van der Waals surface area contributed by atoms with Crippen molar-refractivity contribution in [1.82, 2.24) is 4.98 Å². The Labute approximate surface area is 187 Å². The third kappa shape index (κ3) is 4.16. The second-order valence-electron chi connectivity index (χ2n) is 6.70. The molecule has 0 aliphatic carbocycles. The van der Waals surface area contributed by atoms with Crippen LogP contribution in [0.5, 0.6) is 0 Å². The number of anilines is 2. The van der Waals surface area contributed by atoms with E-state index in [1.54, 1.807) is 12.1 Å². The van der Waals surface area contributed by atoms with Crippen LogP contribution in [-0.2, 0) is 11.0 Å². The molecule has 0 aliphatic rings. The van der Waals surface area contributed by atoms with Gasteiger partial charge in [0.15, 0.2) is 0 Å². The lowest BCUT2D eigenvalue weighted by atomic mass is 10.1. The standard InChI is InChI=1S/C21H14F3N3O3S2/c22-21(23,24)11-3-1-4-12(9-11)27(10-16(28)29)20(30)18-17(25)13-6-7-14(26-19(13)32-18)15-5-2-8-31-15/h1-9H,10,25H2,(H,28,29). The third-order valence-corrected chi connectivity index (χ3v) is 6.58. The smallest absolute Gasteiger partial charge is 0.416 e. The molecular formula is C21H14F3N3O3S2. The fourth-order valence-electron chi connectivity index (χ4n) is 3.11. The van der Waals surface area contributed by atoms with E-state index in [9.17, 15) is 27.9 Å². The van der Waals surface area contributed by atoms with Gasteiger partial charge >= 0.3 is 12.1 Å². The van der Waals surface area contributed by atoms with Crippen molar-refractivity contribution in [2.24, 2.45) is 0 Å². The number of amides is 1. The Kier molecular flexibility index (Phi) is 5.61. The molecule has 1 aromatic carbocycles. The van der Waals surface area contributed by atoms with Gasteiger partial charge in [0, 0.05) is 11.1 Å². The largest absolute Gasteiger partial charge is 0.480 e. The van der Waals surface area contributed by atoms with Crippen molar-refractivity contribution in [3.8, 4) is 10.6 Å². The number of benzene rings is 1. The number of halogens is 3.